The zero-order valence-electron chi connectivity index (χ0n) is 14.2. The fourth-order valence-corrected chi connectivity index (χ4v) is 4.30. The highest BCUT2D eigenvalue weighted by Gasteiger charge is 2.25. The van der Waals surface area contributed by atoms with Gasteiger partial charge >= 0.3 is 0 Å². The molecule has 0 saturated carbocycles. The summed E-state index contributed by atoms with van der Waals surface area (Å²) in [6.07, 6.45) is 3.96. The topological polar surface area (TPSA) is 37.4 Å². The normalized spacial score (nSPS) is 18.7. The summed E-state index contributed by atoms with van der Waals surface area (Å²) in [6.45, 7) is 4.86. The van der Waals surface area contributed by atoms with Crippen molar-refractivity contribution in [1.82, 2.24) is 4.31 Å². The van der Waals surface area contributed by atoms with Gasteiger partial charge in [-0.3, -0.25) is 0 Å². The van der Waals surface area contributed by atoms with Crippen molar-refractivity contribution in [2.45, 2.75) is 38.1 Å². The predicted octanol–water partition coefficient (Wildman–Crippen LogP) is 4.08. The van der Waals surface area contributed by atoms with Crippen LogP contribution in [0.2, 0.25) is 0 Å². The van der Waals surface area contributed by atoms with Crippen LogP contribution in [0.15, 0.2) is 65.1 Å². The lowest BCUT2D eigenvalue weighted by Gasteiger charge is -2.22. The summed E-state index contributed by atoms with van der Waals surface area (Å²) < 4.78 is 27.8. The number of rotatable bonds is 2. The number of benzene rings is 2. The molecule has 1 aliphatic heterocycles. The third-order valence-electron chi connectivity index (χ3n) is 4.56. The Hall–Kier alpha value is -1.91. The molecule has 0 fully saturated rings. The van der Waals surface area contributed by atoms with Crippen LogP contribution in [-0.4, -0.2) is 19.3 Å². The maximum atomic E-state index is 13.1. The van der Waals surface area contributed by atoms with Crippen LogP contribution in [-0.2, 0) is 23.0 Å². The van der Waals surface area contributed by atoms with Gasteiger partial charge in [0.1, 0.15) is 0 Å². The second-order valence-corrected chi connectivity index (χ2v) is 8.37. The van der Waals surface area contributed by atoms with Gasteiger partial charge in [0, 0.05) is 13.1 Å². The van der Waals surface area contributed by atoms with Crippen molar-refractivity contribution in [3.05, 3.63) is 76.9 Å². The molecule has 0 amide bonds. The molecule has 0 saturated heterocycles. The van der Waals surface area contributed by atoms with E-state index in [9.17, 15) is 8.42 Å². The number of hydrogen-bond donors (Lipinski definition) is 0. The molecule has 0 N–H and O–H groups in total. The predicted molar refractivity (Wildman–Crippen MR) is 97.3 cm³/mol. The van der Waals surface area contributed by atoms with Crippen LogP contribution in [0.5, 0.6) is 0 Å². The average Bonchev–Trinajstić information content (AvgIpc) is 2.65. The maximum Gasteiger partial charge on any atom is 0.243 e. The number of aryl methyl sites for hydroxylation is 2. The minimum atomic E-state index is -3.51. The lowest BCUT2D eigenvalue weighted by Crippen LogP contribution is -2.31. The summed E-state index contributed by atoms with van der Waals surface area (Å²) >= 11 is 0. The Morgan fingerprint density at radius 1 is 0.875 bits per heavy atom. The quantitative estimate of drug-likeness (QED) is 0.772. The molecule has 0 spiro atoms. The zero-order valence-corrected chi connectivity index (χ0v) is 15.0. The standard InChI is InChI=1S/C20H23NO2S/c1-16-8-11-20(12-9-16)24(22,23)21-14-13-17(2)7-10-18-5-3-4-6-19(18)15-21/h3-6,8-9,11-13H,7,10,14-15H2,1-2H3/b17-13+. The largest absolute Gasteiger partial charge is 0.243 e. The van der Waals surface area contributed by atoms with Gasteiger partial charge in [0.15, 0.2) is 0 Å². The van der Waals surface area contributed by atoms with Gasteiger partial charge in [0.05, 0.1) is 4.90 Å². The summed E-state index contributed by atoms with van der Waals surface area (Å²) in [5, 5.41) is 0. The number of sulfonamides is 1. The van der Waals surface area contributed by atoms with E-state index in [1.54, 1.807) is 16.4 Å². The smallest absolute Gasteiger partial charge is 0.207 e. The van der Waals surface area contributed by atoms with Crippen LogP contribution in [0.3, 0.4) is 0 Å². The molecule has 0 atom stereocenters. The Labute approximate surface area is 144 Å². The third kappa shape index (κ3) is 3.60. The van der Waals surface area contributed by atoms with Crippen LogP contribution in [0.4, 0.5) is 0 Å². The molecule has 24 heavy (non-hydrogen) atoms. The van der Waals surface area contributed by atoms with Gasteiger partial charge < -0.3 is 0 Å². The van der Waals surface area contributed by atoms with E-state index >= 15 is 0 Å². The number of hydrogen-bond acceptors (Lipinski definition) is 2. The molecule has 2 aromatic carbocycles. The molecular formula is C20H23NO2S. The molecule has 0 aliphatic carbocycles. The molecule has 0 aromatic heterocycles. The van der Waals surface area contributed by atoms with Gasteiger partial charge in [-0.05, 0) is 49.9 Å². The zero-order chi connectivity index (χ0) is 17.2. The Balaban J connectivity index is 2.01. The monoisotopic (exact) mass is 341 g/mol. The number of fused-ring (bicyclic) bond motifs is 1. The summed E-state index contributed by atoms with van der Waals surface area (Å²) in [5.41, 5.74) is 4.61. The first-order valence-electron chi connectivity index (χ1n) is 8.26. The van der Waals surface area contributed by atoms with E-state index < -0.39 is 10.0 Å². The summed E-state index contributed by atoms with van der Waals surface area (Å²) in [5.74, 6) is 0. The molecule has 0 radical (unpaired) electrons. The third-order valence-corrected chi connectivity index (χ3v) is 6.38. The van der Waals surface area contributed by atoms with Crippen LogP contribution >= 0.6 is 0 Å². The van der Waals surface area contributed by atoms with E-state index in [-0.39, 0.29) is 0 Å². The van der Waals surface area contributed by atoms with Gasteiger partial charge in [0.25, 0.3) is 0 Å². The lowest BCUT2D eigenvalue weighted by molar-refractivity contribution is 0.437. The van der Waals surface area contributed by atoms with Gasteiger partial charge in [-0.15, -0.1) is 0 Å². The van der Waals surface area contributed by atoms with Crippen molar-refractivity contribution in [3.8, 4) is 0 Å². The molecule has 3 nitrogen and oxygen atoms in total. The van der Waals surface area contributed by atoms with Crippen molar-refractivity contribution in [3.63, 3.8) is 0 Å². The van der Waals surface area contributed by atoms with Gasteiger partial charge in [-0.1, -0.05) is 53.6 Å². The molecule has 1 heterocycles. The van der Waals surface area contributed by atoms with E-state index in [1.165, 1.54) is 11.1 Å². The summed E-state index contributed by atoms with van der Waals surface area (Å²) in [4.78, 5) is 0.357. The minimum absolute atomic E-state index is 0.357. The summed E-state index contributed by atoms with van der Waals surface area (Å²) in [7, 11) is -3.51. The van der Waals surface area contributed by atoms with Crippen LogP contribution in [0.25, 0.3) is 0 Å². The lowest BCUT2D eigenvalue weighted by atomic mass is 10.0. The molecule has 1 aliphatic rings. The summed E-state index contributed by atoms with van der Waals surface area (Å²) in [6, 6.07) is 15.2. The highest BCUT2D eigenvalue weighted by Crippen LogP contribution is 2.23. The molecule has 0 bridgehead atoms. The highest BCUT2D eigenvalue weighted by molar-refractivity contribution is 7.89. The van der Waals surface area contributed by atoms with Crippen molar-refractivity contribution in [2.75, 3.05) is 6.54 Å². The van der Waals surface area contributed by atoms with Crippen LogP contribution in [0.1, 0.15) is 30.0 Å². The van der Waals surface area contributed by atoms with Crippen LogP contribution in [0, 0.1) is 6.92 Å². The number of nitrogens with zero attached hydrogens (tertiary/aromatic N) is 1. The molecular weight excluding hydrogens is 318 g/mol. The van der Waals surface area contributed by atoms with Gasteiger partial charge in [-0.25, -0.2) is 8.42 Å². The second kappa shape index (κ2) is 6.91. The first-order chi connectivity index (χ1) is 11.5. The Morgan fingerprint density at radius 3 is 2.25 bits per heavy atom. The van der Waals surface area contributed by atoms with Crippen molar-refractivity contribution < 1.29 is 8.42 Å². The van der Waals surface area contributed by atoms with E-state index in [1.807, 2.05) is 43.3 Å². The minimum Gasteiger partial charge on any atom is -0.207 e. The first kappa shape index (κ1) is 16.9. The van der Waals surface area contributed by atoms with Crippen molar-refractivity contribution >= 4 is 10.0 Å². The molecule has 2 aromatic rings. The van der Waals surface area contributed by atoms with Gasteiger partial charge in [-0.2, -0.15) is 4.31 Å². The van der Waals surface area contributed by atoms with E-state index in [0.29, 0.717) is 18.0 Å². The van der Waals surface area contributed by atoms with Gasteiger partial charge in [0.2, 0.25) is 10.0 Å². The SMILES string of the molecule is C/C1=C\CN(S(=O)(=O)c2ccc(C)cc2)Cc2ccccc2CC1. The molecule has 0 unspecified atom stereocenters. The van der Waals surface area contributed by atoms with E-state index in [0.717, 1.165) is 24.0 Å². The Kier molecular flexibility index (Phi) is 4.88. The Bertz CT molecular complexity index is 851. The fraction of sp³-hybridized carbons (Fsp3) is 0.300. The number of allylic oxidation sites excluding steroid dienone is 1. The first-order valence-corrected chi connectivity index (χ1v) is 9.70. The van der Waals surface area contributed by atoms with E-state index in [2.05, 4.69) is 13.0 Å². The molecule has 4 heteroatoms. The fourth-order valence-electron chi connectivity index (χ4n) is 2.94. The maximum absolute atomic E-state index is 13.1. The van der Waals surface area contributed by atoms with Crippen molar-refractivity contribution in [2.24, 2.45) is 0 Å². The molecule has 126 valence electrons. The van der Waals surface area contributed by atoms with Crippen LogP contribution < -0.4 is 0 Å². The molecule has 3 rings (SSSR count). The van der Waals surface area contributed by atoms with E-state index in [4.69, 9.17) is 0 Å². The average molecular weight is 341 g/mol. The van der Waals surface area contributed by atoms with Crippen molar-refractivity contribution in [1.29, 1.82) is 0 Å². The highest BCUT2D eigenvalue weighted by atomic mass is 32.2. The Morgan fingerprint density at radius 2 is 1.54 bits per heavy atom. The second-order valence-electron chi connectivity index (χ2n) is 6.43.